The van der Waals surface area contributed by atoms with Crippen LogP contribution in [-0.4, -0.2) is 63.7 Å². The van der Waals surface area contributed by atoms with Gasteiger partial charge in [0, 0.05) is 30.1 Å². The first-order valence-electron chi connectivity index (χ1n) is 9.85. The number of alkyl halides is 2. The van der Waals surface area contributed by atoms with E-state index < -0.39 is 55.2 Å². The summed E-state index contributed by atoms with van der Waals surface area (Å²) in [4.78, 5) is 52.4. The Balaban J connectivity index is 1.71. The van der Waals surface area contributed by atoms with Crippen molar-refractivity contribution in [2.24, 2.45) is 0 Å². The molecular formula is C21H19F2N5O5. The Kier molecular flexibility index (Phi) is 6.81. The third kappa shape index (κ3) is 5.76. The second-order valence-electron chi connectivity index (χ2n) is 7.44. The third-order valence-electron chi connectivity index (χ3n) is 4.98. The number of hydrogen-bond donors (Lipinski definition) is 3. The molecule has 10 nitrogen and oxygen atoms in total. The molecule has 1 saturated heterocycles. The number of benzene rings is 1. The Morgan fingerprint density at radius 2 is 2.00 bits per heavy atom. The molecular weight excluding hydrogens is 440 g/mol. The number of anilines is 1. The molecule has 33 heavy (non-hydrogen) atoms. The van der Waals surface area contributed by atoms with Crippen LogP contribution in [0.1, 0.15) is 29.6 Å². The lowest BCUT2D eigenvalue weighted by molar-refractivity contribution is -0.138. The number of pyridine rings is 1. The molecule has 1 fully saturated rings. The predicted molar refractivity (Wildman–Crippen MR) is 110 cm³/mol. The van der Waals surface area contributed by atoms with Crippen LogP contribution in [-0.2, 0) is 14.4 Å². The average Bonchev–Trinajstić information content (AvgIpc) is 3.10. The summed E-state index contributed by atoms with van der Waals surface area (Å²) in [6.07, 6.45) is 0.0590. The number of carbonyl (C=O) groups excluding carboxylic acids is 3. The summed E-state index contributed by atoms with van der Waals surface area (Å²) < 4.78 is 27.1. The molecule has 0 bridgehead atoms. The number of carboxylic acids is 1. The van der Waals surface area contributed by atoms with Crippen molar-refractivity contribution in [3.8, 4) is 6.07 Å². The number of amides is 3. The molecule has 1 aliphatic heterocycles. The van der Waals surface area contributed by atoms with Gasteiger partial charge in [-0.15, -0.1) is 0 Å². The largest absolute Gasteiger partial charge is 0.481 e. The van der Waals surface area contributed by atoms with Gasteiger partial charge in [0.25, 0.3) is 11.8 Å². The molecule has 0 saturated carbocycles. The Bertz CT molecular complexity index is 1160. The molecule has 2 heterocycles. The number of nitrogens with one attached hydrogen (secondary N) is 2. The number of carboxylic acid groups (broad SMARTS) is 1. The second kappa shape index (κ2) is 9.56. The Morgan fingerprint density at radius 1 is 1.24 bits per heavy atom. The van der Waals surface area contributed by atoms with Gasteiger partial charge in [-0.1, -0.05) is 0 Å². The summed E-state index contributed by atoms with van der Waals surface area (Å²) in [5, 5.41) is 22.9. The fourth-order valence-electron chi connectivity index (χ4n) is 3.41. The summed E-state index contributed by atoms with van der Waals surface area (Å²) in [6.45, 7) is -1.47. The fourth-order valence-corrected chi connectivity index (χ4v) is 3.41. The number of rotatable bonds is 7. The lowest BCUT2D eigenvalue weighted by atomic mass is 10.1. The highest BCUT2D eigenvalue weighted by molar-refractivity contribution is 6.08. The predicted octanol–water partition coefficient (Wildman–Crippen LogP) is 1.53. The molecule has 12 heteroatoms. The quantitative estimate of drug-likeness (QED) is 0.568. The van der Waals surface area contributed by atoms with Gasteiger partial charge in [0.2, 0.25) is 11.8 Å². The second-order valence-corrected chi connectivity index (χ2v) is 7.44. The highest BCUT2D eigenvalue weighted by Gasteiger charge is 2.47. The van der Waals surface area contributed by atoms with E-state index in [9.17, 15) is 28.0 Å². The van der Waals surface area contributed by atoms with E-state index in [4.69, 9.17) is 10.4 Å². The average molecular weight is 459 g/mol. The van der Waals surface area contributed by atoms with E-state index in [1.54, 1.807) is 12.1 Å². The molecule has 0 aliphatic carbocycles. The normalized spacial score (nSPS) is 16.8. The van der Waals surface area contributed by atoms with Crippen molar-refractivity contribution in [1.82, 2.24) is 15.2 Å². The van der Waals surface area contributed by atoms with E-state index in [0.29, 0.717) is 16.6 Å². The smallest absolute Gasteiger partial charge is 0.303 e. The molecule has 1 aromatic heterocycles. The van der Waals surface area contributed by atoms with Gasteiger partial charge in [-0.2, -0.15) is 5.26 Å². The first-order valence-corrected chi connectivity index (χ1v) is 9.85. The summed E-state index contributed by atoms with van der Waals surface area (Å²) >= 11 is 0. The number of nitriles is 1. The summed E-state index contributed by atoms with van der Waals surface area (Å²) in [7, 11) is 0. The van der Waals surface area contributed by atoms with E-state index in [-0.39, 0.29) is 18.4 Å². The third-order valence-corrected chi connectivity index (χ3v) is 4.98. The van der Waals surface area contributed by atoms with Gasteiger partial charge in [0.1, 0.15) is 6.04 Å². The SMILES string of the molecule is N#CC1CC(F)(F)CN1C(=O)CNC(=O)c1ccnc2ccc(NC(=O)CCC(=O)O)cc12. The van der Waals surface area contributed by atoms with Gasteiger partial charge >= 0.3 is 5.97 Å². The number of nitrogens with zero attached hydrogens (tertiary/aromatic N) is 3. The molecule has 3 N–H and O–H groups in total. The first-order chi connectivity index (χ1) is 15.6. The maximum Gasteiger partial charge on any atom is 0.303 e. The number of halogens is 2. The molecule has 0 spiro atoms. The van der Waals surface area contributed by atoms with Gasteiger partial charge in [0.15, 0.2) is 0 Å². The first kappa shape index (κ1) is 23.5. The van der Waals surface area contributed by atoms with Gasteiger partial charge in [-0.25, -0.2) is 8.78 Å². The molecule has 2 aromatic rings. The lowest BCUT2D eigenvalue weighted by Crippen LogP contribution is -2.43. The fraction of sp³-hybridized carbons (Fsp3) is 0.333. The molecule has 1 aromatic carbocycles. The Hall–Kier alpha value is -4.14. The minimum atomic E-state index is -3.16. The molecule has 3 amide bonds. The van der Waals surface area contributed by atoms with Crippen molar-refractivity contribution in [3.05, 3.63) is 36.0 Å². The maximum absolute atomic E-state index is 13.5. The summed E-state index contributed by atoms with van der Waals surface area (Å²) in [5.74, 6) is -6.28. The number of carbonyl (C=O) groups is 4. The number of fused-ring (bicyclic) bond motifs is 1. The van der Waals surface area contributed by atoms with Crippen molar-refractivity contribution in [2.45, 2.75) is 31.2 Å². The molecule has 0 radical (unpaired) electrons. The zero-order valence-corrected chi connectivity index (χ0v) is 17.2. The molecule has 172 valence electrons. The van der Waals surface area contributed by atoms with Gasteiger partial charge < -0.3 is 20.6 Å². The minimum absolute atomic E-state index is 0.123. The summed E-state index contributed by atoms with van der Waals surface area (Å²) in [6, 6.07) is 6.35. The van der Waals surface area contributed by atoms with Crippen molar-refractivity contribution in [2.75, 3.05) is 18.4 Å². The van der Waals surface area contributed by atoms with Crippen LogP contribution in [0.25, 0.3) is 10.9 Å². The minimum Gasteiger partial charge on any atom is -0.481 e. The van der Waals surface area contributed by atoms with Crippen LogP contribution in [0.5, 0.6) is 0 Å². The standard InChI is InChI=1S/C21H19F2N5O5/c22-21(23)8-13(9-24)28(11-21)18(30)10-26-20(33)14-5-6-25-16-2-1-12(7-15(14)16)27-17(29)3-4-19(31)32/h1-2,5-7,13H,3-4,8,10-11H2,(H,26,33)(H,27,29)(H,31,32). The van der Waals surface area contributed by atoms with Crippen molar-refractivity contribution >= 4 is 40.3 Å². The van der Waals surface area contributed by atoms with E-state index >= 15 is 0 Å². The highest BCUT2D eigenvalue weighted by atomic mass is 19.3. The number of likely N-dealkylation sites (tertiary alicyclic amines) is 1. The molecule has 1 unspecified atom stereocenters. The van der Waals surface area contributed by atoms with Crippen LogP contribution in [0.4, 0.5) is 14.5 Å². The molecule has 3 rings (SSSR count). The van der Waals surface area contributed by atoms with E-state index in [1.807, 2.05) is 0 Å². The number of aromatic nitrogens is 1. The molecule has 1 aliphatic rings. The number of aliphatic carboxylic acids is 1. The van der Waals surface area contributed by atoms with Crippen LogP contribution < -0.4 is 10.6 Å². The van der Waals surface area contributed by atoms with Crippen LogP contribution in [0.2, 0.25) is 0 Å². The lowest BCUT2D eigenvalue weighted by Gasteiger charge is -2.19. The van der Waals surface area contributed by atoms with Crippen molar-refractivity contribution < 1.29 is 33.1 Å². The van der Waals surface area contributed by atoms with Crippen LogP contribution in [0.3, 0.4) is 0 Å². The Morgan fingerprint density at radius 3 is 2.70 bits per heavy atom. The maximum atomic E-state index is 13.5. The topological polar surface area (TPSA) is 152 Å². The zero-order chi connectivity index (χ0) is 24.2. The Labute approximate surface area is 186 Å². The number of hydrogen-bond acceptors (Lipinski definition) is 6. The van der Waals surface area contributed by atoms with Crippen LogP contribution in [0, 0.1) is 11.3 Å². The monoisotopic (exact) mass is 459 g/mol. The summed E-state index contributed by atoms with van der Waals surface area (Å²) in [5.41, 5.74) is 0.853. The van der Waals surface area contributed by atoms with E-state index in [0.717, 1.165) is 4.90 Å². The van der Waals surface area contributed by atoms with Crippen molar-refractivity contribution in [3.63, 3.8) is 0 Å². The van der Waals surface area contributed by atoms with Gasteiger partial charge in [0.05, 0.1) is 36.7 Å². The van der Waals surface area contributed by atoms with E-state index in [2.05, 4.69) is 15.6 Å². The van der Waals surface area contributed by atoms with Gasteiger partial charge in [-0.3, -0.25) is 24.2 Å². The van der Waals surface area contributed by atoms with Crippen LogP contribution >= 0.6 is 0 Å². The highest BCUT2D eigenvalue weighted by Crippen LogP contribution is 2.31. The molecule has 1 atom stereocenters. The van der Waals surface area contributed by atoms with Crippen LogP contribution in [0.15, 0.2) is 30.5 Å². The zero-order valence-electron chi connectivity index (χ0n) is 17.2. The van der Waals surface area contributed by atoms with E-state index in [1.165, 1.54) is 24.4 Å². The van der Waals surface area contributed by atoms with Gasteiger partial charge in [-0.05, 0) is 24.3 Å². The van der Waals surface area contributed by atoms with Crippen molar-refractivity contribution in [1.29, 1.82) is 5.26 Å².